The van der Waals surface area contributed by atoms with Gasteiger partial charge >= 0.3 is 0 Å². The van der Waals surface area contributed by atoms with Crippen molar-refractivity contribution in [2.24, 2.45) is 11.8 Å². The van der Waals surface area contributed by atoms with E-state index in [4.69, 9.17) is 20.4 Å². The summed E-state index contributed by atoms with van der Waals surface area (Å²) >= 11 is 0. The first kappa shape index (κ1) is 13.9. The molecular weight excluding hydrogens is 208 g/mol. The van der Waals surface area contributed by atoms with Crippen LogP contribution >= 0.6 is 0 Å². The maximum Gasteiger partial charge on any atom is 0.151 e. The Morgan fingerprint density at radius 3 is 1.94 bits per heavy atom. The second-order valence-electron chi connectivity index (χ2n) is 4.93. The highest BCUT2D eigenvalue weighted by Gasteiger charge is 2.25. The van der Waals surface area contributed by atoms with E-state index in [1.807, 2.05) is 0 Å². The van der Waals surface area contributed by atoms with Crippen molar-refractivity contribution >= 4 is 0 Å². The number of hydrogen-bond donors (Lipinski definition) is 4. The molecule has 0 amide bonds. The zero-order chi connectivity index (χ0) is 12.0. The van der Waals surface area contributed by atoms with Crippen LogP contribution in [0.15, 0.2) is 0 Å². The van der Waals surface area contributed by atoms with Crippen LogP contribution in [0.25, 0.3) is 0 Å². The summed E-state index contributed by atoms with van der Waals surface area (Å²) in [6, 6.07) is 0. The highest BCUT2D eigenvalue weighted by molar-refractivity contribution is 4.75. The number of rotatable bonds is 6. The van der Waals surface area contributed by atoms with E-state index in [1.54, 1.807) is 0 Å². The van der Waals surface area contributed by atoms with Crippen molar-refractivity contribution in [3.05, 3.63) is 0 Å². The number of aliphatic hydroxyl groups is 4. The summed E-state index contributed by atoms with van der Waals surface area (Å²) in [5, 5.41) is 35.8. The summed E-state index contributed by atoms with van der Waals surface area (Å²) in [6.07, 6.45) is 4.77. The Bertz CT molecular complexity index is 176. The molecule has 1 aliphatic carbocycles. The molecule has 16 heavy (non-hydrogen) atoms. The third-order valence-electron chi connectivity index (χ3n) is 3.63. The predicted octanol–water partition coefficient (Wildman–Crippen LogP) is 0.975. The summed E-state index contributed by atoms with van der Waals surface area (Å²) in [4.78, 5) is 0. The second kappa shape index (κ2) is 7.22. The molecule has 1 saturated carbocycles. The Morgan fingerprint density at radius 1 is 0.812 bits per heavy atom. The Kier molecular flexibility index (Phi) is 6.28. The van der Waals surface area contributed by atoms with Crippen molar-refractivity contribution in [3.63, 3.8) is 0 Å². The molecule has 0 aliphatic heterocycles. The fraction of sp³-hybridized carbons (Fsp3) is 1.00. The minimum atomic E-state index is -1.28. The Morgan fingerprint density at radius 2 is 1.44 bits per heavy atom. The van der Waals surface area contributed by atoms with Gasteiger partial charge < -0.3 is 20.4 Å². The van der Waals surface area contributed by atoms with Gasteiger partial charge in [0.15, 0.2) is 12.6 Å². The number of hydrogen-bond acceptors (Lipinski definition) is 4. The molecule has 4 heteroatoms. The monoisotopic (exact) mass is 232 g/mol. The van der Waals surface area contributed by atoms with Crippen molar-refractivity contribution in [2.45, 2.75) is 63.9 Å². The molecule has 4 nitrogen and oxygen atoms in total. The fourth-order valence-corrected chi connectivity index (χ4v) is 2.79. The predicted molar refractivity (Wildman–Crippen MR) is 60.4 cm³/mol. The molecule has 4 N–H and O–H groups in total. The van der Waals surface area contributed by atoms with Gasteiger partial charge in [0.1, 0.15) is 0 Å². The molecule has 1 fully saturated rings. The Hall–Kier alpha value is -0.160. The lowest BCUT2D eigenvalue weighted by Gasteiger charge is -2.31. The minimum Gasteiger partial charge on any atom is -0.368 e. The first-order chi connectivity index (χ1) is 7.59. The third-order valence-corrected chi connectivity index (χ3v) is 3.63. The lowest BCUT2D eigenvalue weighted by molar-refractivity contribution is -0.0754. The molecule has 0 heterocycles. The van der Waals surface area contributed by atoms with Gasteiger partial charge in [0.05, 0.1) is 0 Å². The summed E-state index contributed by atoms with van der Waals surface area (Å²) in [7, 11) is 0. The summed E-state index contributed by atoms with van der Waals surface area (Å²) in [5.41, 5.74) is 0. The van der Waals surface area contributed by atoms with Crippen LogP contribution in [-0.4, -0.2) is 33.0 Å². The van der Waals surface area contributed by atoms with Crippen LogP contribution in [0.2, 0.25) is 0 Å². The zero-order valence-electron chi connectivity index (χ0n) is 9.76. The smallest absolute Gasteiger partial charge is 0.151 e. The minimum absolute atomic E-state index is 0.210. The van der Waals surface area contributed by atoms with Gasteiger partial charge in [-0.1, -0.05) is 32.1 Å². The van der Waals surface area contributed by atoms with E-state index in [9.17, 15) is 0 Å². The quantitative estimate of drug-likeness (QED) is 0.514. The lowest BCUT2D eigenvalue weighted by Crippen LogP contribution is -2.24. The average Bonchev–Trinajstić information content (AvgIpc) is 2.25. The highest BCUT2D eigenvalue weighted by atomic mass is 16.5. The van der Waals surface area contributed by atoms with Crippen LogP contribution in [0.5, 0.6) is 0 Å². The zero-order valence-corrected chi connectivity index (χ0v) is 9.76. The van der Waals surface area contributed by atoms with Gasteiger partial charge in [0.25, 0.3) is 0 Å². The van der Waals surface area contributed by atoms with Gasteiger partial charge in [0, 0.05) is 6.42 Å². The van der Waals surface area contributed by atoms with Crippen LogP contribution < -0.4 is 0 Å². The van der Waals surface area contributed by atoms with E-state index in [0.29, 0.717) is 25.2 Å². The van der Waals surface area contributed by atoms with E-state index >= 15 is 0 Å². The second-order valence-corrected chi connectivity index (χ2v) is 4.93. The van der Waals surface area contributed by atoms with Gasteiger partial charge in [-0.3, -0.25) is 0 Å². The van der Waals surface area contributed by atoms with Gasteiger partial charge in [-0.25, -0.2) is 0 Å². The molecule has 0 aromatic rings. The first-order valence-corrected chi connectivity index (χ1v) is 6.32. The molecule has 0 bridgehead atoms. The molecule has 96 valence electrons. The van der Waals surface area contributed by atoms with Crippen molar-refractivity contribution in [1.29, 1.82) is 0 Å². The largest absolute Gasteiger partial charge is 0.368 e. The van der Waals surface area contributed by atoms with Crippen molar-refractivity contribution in [3.8, 4) is 0 Å². The molecule has 0 aromatic heterocycles. The van der Waals surface area contributed by atoms with Crippen LogP contribution in [-0.2, 0) is 0 Å². The van der Waals surface area contributed by atoms with E-state index < -0.39 is 12.6 Å². The van der Waals surface area contributed by atoms with Crippen molar-refractivity contribution in [1.82, 2.24) is 0 Å². The first-order valence-electron chi connectivity index (χ1n) is 6.32. The molecule has 0 aromatic carbocycles. The van der Waals surface area contributed by atoms with Crippen molar-refractivity contribution in [2.75, 3.05) is 0 Å². The third kappa shape index (κ3) is 5.25. The lowest BCUT2D eigenvalue weighted by atomic mass is 9.76. The average molecular weight is 232 g/mol. The molecule has 0 spiro atoms. The van der Waals surface area contributed by atoms with Crippen LogP contribution in [0.3, 0.4) is 0 Å². The topological polar surface area (TPSA) is 80.9 Å². The van der Waals surface area contributed by atoms with E-state index in [-0.39, 0.29) is 5.92 Å². The van der Waals surface area contributed by atoms with E-state index in [1.165, 1.54) is 19.3 Å². The normalized spacial score (nSPS) is 20.6. The number of aliphatic hydroxyl groups excluding tert-OH is 2. The summed E-state index contributed by atoms with van der Waals surface area (Å²) in [5.74, 6) is 0.733. The fourth-order valence-electron chi connectivity index (χ4n) is 2.79. The molecule has 1 unspecified atom stereocenters. The highest BCUT2D eigenvalue weighted by Crippen LogP contribution is 2.34. The van der Waals surface area contributed by atoms with E-state index in [2.05, 4.69) is 0 Å². The van der Waals surface area contributed by atoms with Crippen LogP contribution in [0.1, 0.15) is 51.4 Å². The molecule has 1 aliphatic rings. The molecular formula is C12H24O4. The van der Waals surface area contributed by atoms with Gasteiger partial charge in [-0.05, 0) is 24.7 Å². The SMILES string of the molecule is OC(O)CCC(CC(O)O)C1CCCCC1. The van der Waals surface area contributed by atoms with Gasteiger partial charge in [0.2, 0.25) is 0 Å². The van der Waals surface area contributed by atoms with E-state index in [0.717, 1.165) is 12.8 Å². The molecule has 1 rings (SSSR count). The van der Waals surface area contributed by atoms with Crippen LogP contribution in [0.4, 0.5) is 0 Å². The molecule has 0 radical (unpaired) electrons. The molecule has 0 saturated heterocycles. The molecule has 1 atom stereocenters. The van der Waals surface area contributed by atoms with Crippen molar-refractivity contribution < 1.29 is 20.4 Å². The van der Waals surface area contributed by atoms with Gasteiger partial charge in [-0.15, -0.1) is 0 Å². The maximum atomic E-state index is 9.05. The maximum absolute atomic E-state index is 9.05. The van der Waals surface area contributed by atoms with Crippen LogP contribution in [0, 0.1) is 11.8 Å². The summed E-state index contributed by atoms with van der Waals surface area (Å²) < 4.78 is 0. The summed E-state index contributed by atoms with van der Waals surface area (Å²) in [6.45, 7) is 0. The Labute approximate surface area is 96.9 Å². The Balaban J connectivity index is 2.41. The standard InChI is InChI=1S/C12H24O4/c13-11(14)7-6-10(8-12(15)16)9-4-2-1-3-5-9/h9-16H,1-8H2. The van der Waals surface area contributed by atoms with Gasteiger partial charge in [-0.2, -0.15) is 0 Å².